The maximum atomic E-state index is 11.1. The van der Waals surface area contributed by atoms with Gasteiger partial charge in [0.05, 0.1) is 12.7 Å². The van der Waals surface area contributed by atoms with Gasteiger partial charge in [0, 0.05) is 5.82 Å². The summed E-state index contributed by atoms with van der Waals surface area (Å²) < 4.78 is 15.1. The highest BCUT2D eigenvalue weighted by Crippen LogP contribution is 2.36. The van der Waals surface area contributed by atoms with Crippen molar-refractivity contribution < 1.29 is 23.9 Å². The first kappa shape index (κ1) is 12.6. The molecule has 0 aromatic heterocycles. The number of rotatable bonds is 3. The topological polar surface area (TPSA) is 83.8 Å². The Bertz CT molecular complexity index is 443. The lowest BCUT2D eigenvalue weighted by Gasteiger charge is -1.99. The lowest BCUT2D eigenvalue weighted by molar-refractivity contribution is 0.0600. The molecule has 0 aliphatic rings. The van der Waals surface area contributed by atoms with Gasteiger partial charge in [-0.05, 0) is 23.8 Å². The van der Waals surface area contributed by atoms with E-state index >= 15 is 0 Å². The average molecular weight is 242 g/mol. The third kappa shape index (κ3) is 3.98. The standard InChI is InChI=1S/C10H11O5P/c1-15-10(11)9-4-2-8(3-5-9)6-7-16(12,13)14/h2-7H,1H3,(H2,12,13,14)/b7-6+. The molecule has 0 bridgehead atoms. The lowest BCUT2D eigenvalue weighted by Crippen LogP contribution is -2.00. The number of benzene rings is 1. The van der Waals surface area contributed by atoms with Gasteiger partial charge in [-0.2, -0.15) is 0 Å². The molecule has 16 heavy (non-hydrogen) atoms. The van der Waals surface area contributed by atoms with Crippen molar-refractivity contribution in [2.24, 2.45) is 0 Å². The van der Waals surface area contributed by atoms with Crippen molar-refractivity contribution in [3.8, 4) is 0 Å². The molecule has 1 aromatic rings. The van der Waals surface area contributed by atoms with Gasteiger partial charge in [-0.15, -0.1) is 0 Å². The summed E-state index contributed by atoms with van der Waals surface area (Å²) in [6.07, 6.45) is 1.29. The van der Waals surface area contributed by atoms with Gasteiger partial charge in [0.1, 0.15) is 0 Å². The molecule has 1 rings (SSSR count). The first-order valence-corrected chi connectivity index (χ1v) is 6.03. The lowest BCUT2D eigenvalue weighted by atomic mass is 10.1. The summed E-state index contributed by atoms with van der Waals surface area (Å²) in [5.41, 5.74) is 0.979. The molecule has 0 saturated carbocycles. The van der Waals surface area contributed by atoms with Gasteiger partial charge in [0.2, 0.25) is 0 Å². The van der Waals surface area contributed by atoms with Crippen molar-refractivity contribution in [1.29, 1.82) is 0 Å². The minimum absolute atomic E-state index is 0.385. The summed E-state index contributed by atoms with van der Waals surface area (Å²) in [6, 6.07) is 6.17. The van der Waals surface area contributed by atoms with Gasteiger partial charge in [-0.25, -0.2) is 4.79 Å². The van der Waals surface area contributed by atoms with E-state index in [4.69, 9.17) is 9.79 Å². The molecule has 0 unspecified atom stereocenters. The fraction of sp³-hybridized carbons (Fsp3) is 0.100. The molecule has 86 valence electrons. The zero-order valence-electron chi connectivity index (χ0n) is 8.53. The van der Waals surface area contributed by atoms with Crippen LogP contribution < -0.4 is 0 Å². The van der Waals surface area contributed by atoms with E-state index in [2.05, 4.69) is 4.74 Å². The molecular formula is C10H11O5P. The minimum Gasteiger partial charge on any atom is -0.465 e. The van der Waals surface area contributed by atoms with E-state index in [9.17, 15) is 9.36 Å². The first-order valence-electron chi connectivity index (χ1n) is 4.35. The Morgan fingerprint density at radius 1 is 1.31 bits per heavy atom. The van der Waals surface area contributed by atoms with Crippen LogP contribution in [0.3, 0.4) is 0 Å². The molecular weight excluding hydrogens is 231 g/mol. The second-order valence-electron chi connectivity index (χ2n) is 3.02. The molecule has 0 saturated heterocycles. The number of carbonyl (C=O) groups excluding carboxylic acids is 1. The molecule has 2 N–H and O–H groups in total. The molecule has 0 radical (unpaired) electrons. The first-order chi connectivity index (χ1) is 7.42. The predicted octanol–water partition coefficient (Wildman–Crippen LogP) is 1.62. The van der Waals surface area contributed by atoms with Crippen LogP contribution in [0, 0.1) is 0 Å². The number of hydrogen-bond acceptors (Lipinski definition) is 3. The van der Waals surface area contributed by atoms with Crippen LogP contribution in [0.25, 0.3) is 6.08 Å². The minimum atomic E-state index is -4.14. The summed E-state index contributed by atoms with van der Waals surface area (Å²) in [7, 11) is -2.86. The van der Waals surface area contributed by atoms with Gasteiger partial charge < -0.3 is 14.5 Å². The number of hydrogen-bond donors (Lipinski definition) is 2. The van der Waals surface area contributed by atoms with Crippen LogP contribution in [0.4, 0.5) is 0 Å². The molecule has 0 aliphatic carbocycles. The second kappa shape index (κ2) is 5.07. The highest BCUT2D eigenvalue weighted by Gasteiger charge is 2.06. The highest BCUT2D eigenvalue weighted by molar-refractivity contribution is 7.55. The number of esters is 1. The summed E-state index contributed by atoms with van der Waals surface area (Å²) in [4.78, 5) is 28.3. The predicted molar refractivity (Wildman–Crippen MR) is 58.9 cm³/mol. The molecule has 0 aliphatic heterocycles. The SMILES string of the molecule is COC(=O)c1ccc(/C=C/P(=O)(O)O)cc1. The van der Waals surface area contributed by atoms with Crippen LogP contribution in [0.2, 0.25) is 0 Å². The molecule has 5 nitrogen and oxygen atoms in total. The van der Waals surface area contributed by atoms with Crippen LogP contribution in [0.15, 0.2) is 30.1 Å². The number of methoxy groups -OCH3 is 1. The van der Waals surface area contributed by atoms with Gasteiger partial charge in [-0.1, -0.05) is 12.1 Å². The van der Waals surface area contributed by atoms with E-state index in [0.717, 1.165) is 5.82 Å². The number of ether oxygens (including phenoxy) is 1. The van der Waals surface area contributed by atoms with E-state index in [1.54, 1.807) is 12.1 Å². The van der Waals surface area contributed by atoms with E-state index in [-0.39, 0.29) is 0 Å². The van der Waals surface area contributed by atoms with Crippen molar-refractivity contribution in [2.75, 3.05) is 7.11 Å². The van der Waals surface area contributed by atoms with Crippen molar-refractivity contribution in [3.05, 3.63) is 41.2 Å². The van der Waals surface area contributed by atoms with Crippen LogP contribution in [0.5, 0.6) is 0 Å². The smallest absolute Gasteiger partial charge is 0.349 e. The highest BCUT2D eigenvalue weighted by atomic mass is 31.2. The molecule has 0 spiro atoms. The Hall–Kier alpha value is -1.42. The van der Waals surface area contributed by atoms with Crippen LogP contribution >= 0.6 is 7.60 Å². The molecule has 6 heteroatoms. The third-order valence-corrected chi connectivity index (χ3v) is 2.33. The zero-order valence-corrected chi connectivity index (χ0v) is 9.42. The Morgan fingerprint density at radius 2 is 1.88 bits per heavy atom. The zero-order chi connectivity index (χ0) is 12.2. The van der Waals surface area contributed by atoms with Crippen molar-refractivity contribution >= 4 is 19.6 Å². The Labute approximate surface area is 92.5 Å². The summed E-state index contributed by atoms with van der Waals surface area (Å²) >= 11 is 0. The van der Waals surface area contributed by atoms with Gasteiger partial charge in [0.15, 0.2) is 0 Å². The maximum Gasteiger partial charge on any atom is 0.349 e. The van der Waals surface area contributed by atoms with Crippen LogP contribution in [-0.4, -0.2) is 22.9 Å². The van der Waals surface area contributed by atoms with Crippen molar-refractivity contribution in [2.45, 2.75) is 0 Å². The van der Waals surface area contributed by atoms with Gasteiger partial charge in [0.25, 0.3) is 0 Å². The quantitative estimate of drug-likeness (QED) is 0.621. The van der Waals surface area contributed by atoms with Gasteiger partial charge in [-0.3, -0.25) is 4.57 Å². The van der Waals surface area contributed by atoms with E-state index in [0.29, 0.717) is 11.1 Å². The van der Waals surface area contributed by atoms with Crippen molar-refractivity contribution in [3.63, 3.8) is 0 Å². The normalized spacial score (nSPS) is 11.7. The van der Waals surface area contributed by atoms with Gasteiger partial charge >= 0.3 is 13.6 Å². The summed E-state index contributed by atoms with van der Waals surface area (Å²) in [5.74, 6) is 0.352. The maximum absolute atomic E-state index is 11.1. The molecule has 0 heterocycles. The fourth-order valence-electron chi connectivity index (χ4n) is 1.03. The molecule has 0 fully saturated rings. The molecule has 0 amide bonds. The summed E-state index contributed by atoms with van der Waals surface area (Å²) in [6.45, 7) is 0. The Morgan fingerprint density at radius 3 is 2.31 bits per heavy atom. The Balaban J connectivity index is 2.84. The van der Waals surface area contributed by atoms with Crippen molar-refractivity contribution in [1.82, 2.24) is 0 Å². The number of carbonyl (C=O) groups is 1. The van der Waals surface area contributed by atoms with E-state index in [1.807, 2.05) is 0 Å². The molecule has 1 aromatic carbocycles. The van der Waals surface area contributed by atoms with Crippen LogP contribution in [0.1, 0.15) is 15.9 Å². The Kier molecular flexibility index (Phi) is 4.01. The monoisotopic (exact) mass is 242 g/mol. The van der Waals surface area contributed by atoms with E-state index < -0.39 is 13.6 Å². The second-order valence-corrected chi connectivity index (χ2v) is 4.49. The third-order valence-electron chi connectivity index (χ3n) is 1.79. The average Bonchev–Trinajstić information content (AvgIpc) is 2.25. The van der Waals surface area contributed by atoms with Crippen LogP contribution in [-0.2, 0) is 9.30 Å². The largest absolute Gasteiger partial charge is 0.465 e. The van der Waals surface area contributed by atoms with E-state index in [1.165, 1.54) is 25.3 Å². The summed E-state index contributed by atoms with van der Waals surface area (Å²) in [5, 5.41) is 0. The fourth-order valence-corrected chi connectivity index (χ4v) is 1.40. The molecule has 0 atom stereocenters.